The van der Waals surface area contributed by atoms with E-state index in [1.807, 2.05) is 6.92 Å². The zero-order valence-corrected chi connectivity index (χ0v) is 12.1. The maximum atomic E-state index is 9.88. The number of rotatable bonds is 9. The Kier molecular flexibility index (Phi) is 8.09. The molecule has 0 radical (unpaired) electrons. The zero-order valence-electron chi connectivity index (χ0n) is 12.1. The maximum Gasteiger partial charge on any atom is 0.0617 e. The van der Waals surface area contributed by atoms with Crippen molar-refractivity contribution in [1.29, 1.82) is 0 Å². The smallest absolute Gasteiger partial charge is 0.0617 e. The van der Waals surface area contributed by atoms with Crippen LogP contribution in [0.2, 0.25) is 0 Å². The Bertz CT molecular complexity index is 161. The molecule has 0 aliphatic carbocycles. The fraction of sp³-hybridized carbons (Fsp3) is 1.00. The molecule has 0 saturated carbocycles. The molecule has 0 aliphatic rings. The number of hydrogen-bond donors (Lipinski definition) is 1. The minimum absolute atomic E-state index is 0.433. The van der Waals surface area contributed by atoms with E-state index >= 15 is 0 Å². The van der Waals surface area contributed by atoms with Crippen LogP contribution in [0.1, 0.15) is 79.6 Å². The van der Waals surface area contributed by atoms with E-state index in [0.717, 1.165) is 24.7 Å². The van der Waals surface area contributed by atoms with E-state index in [1.165, 1.54) is 32.1 Å². The Morgan fingerprint density at radius 1 is 1.00 bits per heavy atom. The predicted molar refractivity (Wildman–Crippen MR) is 72.6 cm³/mol. The van der Waals surface area contributed by atoms with Gasteiger partial charge in [-0.1, -0.05) is 59.8 Å². The van der Waals surface area contributed by atoms with Gasteiger partial charge in [0.2, 0.25) is 0 Å². The van der Waals surface area contributed by atoms with Gasteiger partial charge in [-0.15, -0.1) is 0 Å². The average Bonchev–Trinajstić information content (AvgIpc) is 2.17. The monoisotopic (exact) mass is 228 g/mol. The van der Waals surface area contributed by atoms with Crippen molar-refractivity contribution in [2.45, 2.75) is 85.2 Å². The average molecular weight is 228 g/mol. The Morgan fingerprint density at radius 2 is 1.56 bits per heavy atom. The Hall–Kier alpha value is -0.0400. The van der Waals surface area contributed by atoms with E-state index < -0.39 is 5.60 Å². The molecule has 0 spiro atoms. The molecule has 0 aromatic rings. The van der Waals surface area contributed by atoms with E-state index in [4.69, 9.17) is 0 Å². The summed E-state index contributed by atoms with van der Waals surface area (Å²) in [4.78, 5) is 0. The van der Waals surface area contributed by atoms with Crippen LogP contribution >= 0.6 is 0 Å². The van der Waals surface area contributed by atoms with Gasteiger partial charge in [-0.3, -0.25) is 0 Å². The normalized spacial score (nSPS) is 17.4. The van der Waals surface area contributed by atoms with Gasteiger partial charge in [0, 0.05) is 0 Å². The quantitative estimate of drug-likeness (QED) is 0.602. The molecule has 98 valence electrons. The summed E-state index contributed by atoms with van der Waals surface area (Å²) in [6, 6.07) is 0. The summed E-state index contributed by atoms with van der Waals surface area (Å²) in [6.45, 7) is 11.0. The molecular weight excluding hydrogens is 196 g/mol. The lowest BCUT2D eigenvalue weighted by Gasteiger charge is -2.22. The summed E-state index contributed by atoms with van der Waals surface area (Å²) in [5.41, 5.74) is -0.433. The van der Waals surface area contributed by atoms with Gasteiger partial charge in [-0.05, 0) is 31.6 Å². The molecule has 0 bridgehead atoms. The van der Waals surface area contributed by atoms with Crippen LogP contribution in [0.5, 0.6) is 0 Å². The molecule has 0 saturated heterocycles. The molecule has 0 unspecified atom stereocenters. The molecular formula is C15H32O. The van der Waals surface area contributed by atoms with E-state index in [2.05, 4.69) is 27.7 Å². The summed E-state index contributed by atoms with van der Waals surface area (Å²) in [5.74, 6) is 1.67. The molecule has 1 nitrogen and oxygen atoms in total. The highest BCUT2D eigenvalue weighted by atomic mass is 16.3. The first-order valence-corrected chi connectivity index (χ1v) is 7.09. The first-order chi connectivity index (χ1) is 7.37. The lowest BCUT2D eigenvalue weighted by Crippen LogP contribution is -2.22. The summed E-state index contributed by atoms with van der Waals surface area (Å²) < 4.78 is 0. The topological polar surface area (TPSA) is 20.2 Å². The third-order valence-electron chi connectivity index (χ3n) is 3.65. The fourth-order valence-corrected chi connectivity index (χ4v) is 2.03. The van der Waals surface area contributed by atoms with Crippen LogP contribution in [0, 0.1) is 11.8 Å². The van der Waals surface area contributed by atoms with Gasteiger partial charge in [0.25, 0.3) is 0 Å². The predicted octanol–water partition coefficient (Wildman–Crippen LogP) is 4.78. The highest BCUT2D eigenvalue weighted by molar-refractivity contribution is 4.70. The summed E-state index contributed by atoms with van der Waals surface area (Å²) in [5, 5.41) is 9.88. The molecule has 1 N–H and O–H groups in total. The second-order valence-corrected chi connectivity index (χ2v) is 6.17. The standard InChI is InChI=1S/C15H32O/c1-6-15(5,16)12-8-11-14(4)10-7-9-13(2)3/h13-14,16H,6-12H2,1-5H3/t14-,15-/m0/s1. The Morgan fingerprint density at radius 3 is 2.06 bits per heavy atom. The molecule has 0 aromatic heterocycles. The van der Waals surface area contributed by atoms with Crippen molar-refractivity contribution in [2.75, 3.05) is 0 Å². The first kappa shape index (κ1) is 16.0. The number of aliphatic hydroxyl groups is 1. The Labute approximate surface area is 103 Å². The Balaban J connectivity index is 3.47. The minimum Gasteiger partial charge on any atom is -0.390 e. The van der Waals surface area contributed by atoms with Crippen molar-refractivity contribution in [2.24, 2.45) is 11.8 Å². The van der Waals surface area contributed by atoms with Crippen LogP contribution in [-0.2, 0) is 0 Å². The van der Waals surface area contributed by atoms with Crippen LogP contribution < -0.4 is 0 Å². The summed E-state index contributed by atoms with van der Waals surface area (Å²) in [7, 11) is 0. The van der Waals surface area contributed by atoms with Crippen molar-refractivity contribution in [3.8, 4) is 0 Å². The highest BCUT2D eigenvalue weighted by Gasteiger charge is 2.16. The molecule has 0 rings (SSSR count). The minimum atomic E-state index is -0.433. The van der Waals surface area contributed by atoms with Gasteiger partial charge >= 0.3 is 0 Å². The van der Waals surface area contributed by atoms with Crippen LogP contribution in [0.25, 0.3) is 0 Å². The largest absolute Gasteiger partial charge is 0.390 e. The van der Waals surface area contributed by atoms with Crippen LogP contribution in [0.15, 0.2) is 0 Å². The zero-order chi connectivity index (χ0) is 12.6. The molecule has 0 amide bonds. The molecule has 0 fully saturated rings. The SMILES string of the molecule is CC[C@](C)(O)CCC[C@@H](C)CCCC(C)C. The summed E-state index contributed by atoms with van der Waals surface area (Å²) >= 11 is 0. The van der Waals surface area contributed by atoms with Crippen molar-refractivity contribution in [3.63, 3.8) is 0 Å². The van der Waals surface area contributed by atoms with Crippen molar-refractivity contribution in [1.82, 2.24) is 0 Å². The highest BCUT2D eigenvalue weighted by Crippen LogP contribution is 2.22. The van der Waals surface area contributed by atoms with Crippen molar-refractivity contribution >= 4 is 0 Å². The van der Waals surface area contributed by atoms with Crippen molar-refractivity contribution in [3.05, 3.63) is 0 Å². The van der Waals surface area contributed by atoms with Gasteiger partial charge in [0.15, 0.2) is 0 Å². The molecule has 16 heavy (non-hydrogen) atoms. The fourth-order valence-electron chi connectivity index (χ4n) is 2.03. The van der Waals surface area contributed by atoms with Crippen molar-refractivity contribution < 1.29 is 5.11 Å². The van der Waals surface area contributed by atoms with Gasteiger partial charge in [0.05, 0.1) is 5.60 Å². The van der Waals surface area contributed by atoms with Gasteiger partial charge < -0.3 is 5.11 Å². The molecule has 2 atom stereocenters. The van der Waals surface area contributed by atoms with E-state index in [9.17, 15) is 5.11 Å². The maximum absolute atomic E-state index is 9.88. The third kappa shape index (κ3) is 9.21. The first-order valence-electron chi connectivity index (χ1n) is 7.09. The van der Waals surface area contributed by atoms with Crippen LogP contribution in [0.4, 0.5) is 0 Å². The molecule has 0 heterocycles. The van der Waals surface area contributed by atoms with Gasteiger partial charge in [-0.25, -0.2) is 0 Å². The summed E-state index contributed by atoms with van der Waals surface area (Å²) in [6.07, 6.45) is 8.34. The van der Waals surface area contributed by atoms with Crippen LogP contribution in [0.3, 0.4) is 0 Å². The van der Waals surface area contributed by atoms with E-state index in [1.54, 1.807) is 0 Å². The lowest BCUT2D eigenvalue weighted by atomic mass is 9.91. The second-order valence-electron chi connectivity index (χ2n) is 6.17. The second kappa shape index (κ2) is 8.11. The lowest BCUT2D eigenvalue weighted by molar-refractivity contribution is 0.0432. The molecule has 0 aliphatic heterocycles. The van der Waals surface area contributed by atoms with Gasteiger partial charge in [-0.2, -0.15) is 0 Å². The van der Waals surface area contributed by atoms with E-state index in [0.29, 0.717) is 0 Å². The van der Waals surface area contributed by atoms with Crippen LogP contribution in [-0.4, -0.2) is 10.7 Å². The molecule has 0 aromatic carbocycles. The van der Waals surface area contributed by atoms with E-state index in [-0.39, 0.29) is 0 Å². The molecule has 1 heteroatoms. The third-order valence-corrected chi connectivity index (χ3v) is 3.65. The van der Waals surface area contributed by atoms with Gasteiger partial charge in [0.1, 0.15) is 0 Å². The number of hydrogen-bond acceptors (Lipinski definition) is 1.